The molecule has 0 radical (unpaired) electrons. The van der Waals surface area contributed by atoms with E-state index in [4.69, 9.17) is 32.7 Å². The minimum absolute atomic E-state index is 0.304. The Morgan fingerprint density at radius 3 is 2.29 bits per heavy atom. The number of morpholine rings is 1. The van der Waals surface area contributed by atoms with E-state index in [0.29, 0.717) is 23.2 Å². The number of benzene rings is 4. The van der Waals surface area contributed by atoms with Gasteiger partial charge in [-0.15, -0.1) is 0 Å². The van der Waals surface area contributed by atoms with E-state index >= 15 is 0 Å². The van der Waals surface area contributed by atoms with Crippen LogP contribution in [0.1, 0.15) is 11.1 Å². The fourth-order valence-corrected chi connectivity index (χ4v) is 4.76. The van der Waals surface area contributed by atoms with E-state index in [1.165, 1.54) is 11.1 Å². The summed E-state index contributed by atoms with van der Waals surface area (Å²) in [4.78, 5) is 2.35. The quantitative estimate of drug-likeness (QED) is 0.296. The number of hydrogen-bond donors (Lipinski definition) is 1. The van der Waals surface area contributed by atoms with Crippen LogP contribution in [0.3, 0.4) is 0 Å². The predicted octanol–water partition coefficient (Wildman–Crippen LogP) is 7.17. The number of nitrogens with zero attached hydrogens (tertiary/aromatic N) is 1. The normalized spacial score (nSPS) is 13.8. The zero-order valence-electron chi connectivity index (χ0n) is 18.8. The van der Waals surface area contributed by atoms with Gasteiger partial charge in [-0.1, -0.05) is 59.6 Å². The second-order valence-corrected chi connectivity index (χ2v) is 9.07. The average molecular weight is 493 g/mol. The number of nitrogens with one attached hydrogen (secondary N) is 1. The number of halogens is 2. The average Bonchev–Trinajstić information content (AvgIpc) is 2.88. The molecule has 0 amide bonds. The number of anilines is 2. The molecule has 4 aromatic rings. The van der Waals surface area contributed by atoms with Crippen molar-refractivity contribution >= 4 is 45.3 Å². The van der Waals surface area contributed by atoms with Crippen molar-refractivity contribution in [1.29, 1.82) is 0 Å². The minimum atomic E-state index is 0.304. The first-order valence-corrected chi connectivity index (χ1v) is 12.2. The van der Waals surface area contributed by atoms with Crippen molar-refractivity contribution in [2.24, 2.45) is 0 Å². The molecule has 1 aliphatic heterocycles. The summed E-state index contributed by atoms with van der Waals surface area (Å²) in [7, 11) is 0. The number of hydrogen-bond acceptors (Lipinski definition) is 4. The molecule has 1 N–H and O–H groups in total. The third-order valence-electron chi connectivity index (χ3n) is 6.14. The van der Waals surface area contributed by atoms with Crippen LogP contribution in [0.25, 0.3) is 10.8 Å². The molecule has 174 valence electrons. The van der Waals surface area contributed by atoms with E-state index in [9.17, 15) is 0 Å². The van der Waals surface area contributed by atoms with E-state index in [1.807, 2.05) is 30.3 Å². The van der Waals surface area contributed by atoms with Crippen LogP contribution < -0.4 is 15.0 Å². The molecular formula is C28H26Cl2N2O2. The predicted molar refractivity (Wildman–Crippen MR) is 142 cm³/mol. The summed E-state index contributed by atoms with van der Waals surface area (Å²) in [6, 6.07) is 26.5. The van der Waals surface area contributed by atoms with E-state index in [1.54, 1.807) is 0 Å². The van der Waals surface area contributed by atoms with Crippen LogP contribution in [-0.2, 0) is 17.9 Å². The minimum Gasteiger partial charge on any atom is -0.488 e. The van der Waals surface area contributed by atoms with E-state index < -0.39 is 0 Å². The number of fused-ring (bicyclic) bond motifs is 1. The largest absolute Gasteiger partial charge is 0.488 e. The summed E-state index contributed by atoms with van der Waals surface area (Å²) in [5.41, 5.74) is 4.17. The molecule has 1 heterocycles. The van der Waals surface area contributed by atoms with Gasteiger partial charge in [-0.2, -0.15) is 0 Å². The van der Waals surface area contributed by atoms with Crippen LogP contribution >= 0.6 is 23.2 Å². The van der Waals surface area contributed by atoms with Crippen molar-refractivity contribution in [3.63, 3.8) is 0 Å². The van der Waals surface area contributed by atoms with E-state index in [0.717, 1.165) is 54.3 Å². The molecule has 1 fully saturated rings. The van der Waals surface area contributed by atoms with Crippen molar-refractivity contribution < 1.29 is 9.47 Å². The summed E-state index contributed by atoms with van der Waals surface area (Å²) in [5, 5.41) is 7.11. The summed E-state index contributed by atoms with van der Waals surface area (Å²) < 4.78 is 11.7. The summed E-state index contributed by atoms with van der Waals surface area (Å²) >= 11 is 12.7. The van der Waals surface area contributed by atoms with Crippen LogP contribution in [0.15, 0.2) is 78.9 Å². The first-order valence-electron chi connectivity index (χ1n) is 11.4. The second kappa shape index (κ2) is 10.6. The van der Waals surface area contributed by atoms with Gasteiger partial charge < -0.3 is 19.7 Å². The van der Waals surface area contributed by atoms with Gasteiger partial charge in [-0.3, -0.25) is 0 Å². The molecule has 5 rings (SSSR count). The highest BCUT2D eigenvalue weighted by atomic mass is 35.5. The monoisotopic (exact) mass is 492 g/mol. The van der Waals surface area contributed by atoms with Gasteiger partial charge in [-0.25, -0.2) is 0 Å². The van der Waals surface area contributed by atoms with Gasteiger partial charge in [0, 0.05) is 52.2 Å². The Balaban J connectivity index is 1.36. The maximum atomic E-state index is 6.35. The lowest BCUT2D eigenvalue weighted by molar-refractivity contribution is 0.122. The highest BCUT2D eigenvalue weighted by Crippen LogP contribution is 2.32. The van der Waals surface area contributed by atoms with Gasteiger partial charge in [0.15, 0.2) is 0 Å². The molecule has 0 aromatic heterocycles. The molecule has 34 heavy (non-hydrogen) atoms. The first-order chi connectivity index (χ1) is 16.7. The van der Waals surface area contributed by atoms with Crippen molar-refractivity contribution in [2.45, 2.75) is 13.2 Å². The van der Waals surface area contributed by atoms with Crippen LogP contribution in [-0.4, -0.2) is 26.3 Å². The Hall–Kier alpha value is -2.92. The molecule has 0 spiro atoms. The van der Waals surface area contributed by atoms with Gasteiger partial charge in [-0.05, 0) is 53.2 Å². The molecule has 0 bridgehead atoms. The Bertz CT molecular complexity index is 1250. The first kappa shape index (κ1) is 22.9. The van der Waals surface area contributed by atoms with Crippen molar-refractivity contribution in [3.05, 3.63) is 100 Å². The molecule has 0 unspecified atom stereocenters. The Morgan fingerprint density at radius 2 is 1.53 bits per heavy atom. The zero-order valence-corrected chi connectivity index (χ0v) is 20.3. The topological polar surface area (TPSA) is 33.7 Å². The zero-order chi connectivity index (χ0) is 23.3. The fraction of sp³-hybridized carbons (Fsp3) is 0.214. The molecule has 4 aromatic carbocycles. The number of ether oxygens (including phenoxy) is 2. The third-order valence-corrected chi connectivity index (χ3v) is 6.85. The lowest BCUT2D eigenvalue weighted by Gasteiger charge is -2.29. The van der Waals surface area contributed by atoms with Gasteiger partial charge in [0.1, 0.15) is 12.4 Å². The smallest absolute Gasteiger partial charge is 0.125 e. The van der Waals surface area contributed by atoms with Crippen LogP contribution in [0.2, 0.25) is 10.0 Å². The van der Waals surface area contributed by atoms with Crippen LogP contribution in [0.5, 0.6) is 5.75 Å². The Morgan fingerprint density at radius 1 is 0.794 bits per heavy atom. The number of rotatable bonds is 7. The summed E-state index contributed by atoms with van der Waals surface area (Å²) in [6.07, 6.45) is 0. The molecule has 0 saturated carbocycles. The Labute approximate surface area is 210 Å². The van der Waals surface area contributed by atoms with Crippen molar-refractivity contribution in [1.82, 2.24) is 0 Å². The molecule has 4 nitrogen and oxygen atoms in total. The highest BCUT2D eigenvalue weighted by molar-refractivity contribution is 6.35. The van der Waals surface area contributed by atoms with E-state index in [-0.39, 0.29) is 0 Å². The molecule has 1 aliphatic rings. The van der Waals surface area contributed by atoms with Gasteiger partial charge in [0.25, 0.3) is 0 Å². The molecule has 0 aliphatic carbocycles. The van der Waals surface area contributed by atoms with Crippen LogP contribution in [0.4, 0.5) is 11.4 Å². The maximum Gasteiger partial charge on any atom is 0.125 e. The van der Waals surface area contributed by atoms with Crippen molar-refractivity contribution in [2.75, 3.05) is 36.5 Å². The molecule has 1 saturated heterocycles. The molecular weight excluding hydrogens is 467 g/mol. The fourth-order valence-electron chi connectivity index (χ4n) is 4.26. The molecule has 0 atom stereocenters. The Kier molecular flexibility index (Phi) is 7.10. The van der Waals surface area contributed by atoms with Crippen molar-refractivity contribution in [3.8, 4) is 5.75 Å². The van der Waals surface area contributed by atoms with Gasteiger partial charge >= 0.3 is 0 Å². The molecule has 6 heteroatoms. The second-order valence-electron chi connectivity index (χ2n) is 8.25. The highest BCUT2D eigenvalue weighted by Gasteiger charge is 2.13. The third kappa shape index (κ3) is 5.10. The van der Waals surface area contributed by atoms with E-state index in [2.05, 4.69) is 58.7 Å². The SMILES string of the molecule is Clc1cccc(Cl)c1COc1ccc2ccccc2c1CNc1ccc(N2CCOCC2)cc1. The lowest BCUT2D eigenvalue weighted by atomic mass is 10.0. The van der Waals surface area contributed by atoms with Gasteiger partial charge in [0.2, 0.25) is 0 Å². The summed E-state index contributed by atoms with van der Waals surface area (Å²) in [5.74, 6) is 0.812. The van der Waals surface area contributed by atoms with Gasteiger partial charge in [0.05, 0.1) is 13.2 Å². The van der Waals surface area contributed by atoms with Crippen LogP contribution in [0, 0.1) is 0 Å². The standard InChI is InChI=1S/C28H26Cl2N2O2/c29-26-6-3-7-27(30)25(26)19-34-28-13-8-20-4-1-2-5-23(20)24(28)18-31-21-9-11-22(12-10-21)32-14-16-33-17-15-32/h1-13,31H,14-19H2. The maximum absolute atomic E-state index is 6.35. The lowest BCUT2D eigenvalue weighted by Crippen LogP contribution is -2.36. The summed E-state index contributed by atoms with van der Waals surface area (Å²) in [6.45, 7) is 4.35.